The molecule has 114 valence electrons. The van der Waals surface area contributed by atoms with Gasteiger partial charge in [0.1, 0.15) is 12.2 Å². The highest BCUT2D eigenvalue weighted by Gasteiger charge is 2.15. The van der Waals surface area contributed by atoms with E-state index in [9.17, 15) is 0 Å². The number of halogens is 2. The van der Waals surface area contributed by atoms with Crippen molar-refractivity contribution in [2.45, 2.75) is 39.3 Å². The number of hydrogen-bond acceptors (Lipinski definition) is 3. The Labute approximate surface area is 135 Å². The maximum Gasteiger partial charge on any atom is 0.138 e. The molecule has 1 heterocycles. The molecule has 1 aromatic carbocycles. The van der Waals surface area contributed by atoms with Gasteiger partial charge in [0, 0.05) is 29.1 Å². The third-order valence-corrected chi connectivity index (χ3v) is 3.91. The smallest absolute Gasteiger partial charge is 0.138 e. The van der Waals surface area contributed by atoms with Gasteiger partial charge >= 0.3 is 0 Å². The molecule has 1 aromatic heterocycles. The first-order valence-corrected chi connectivity index (χ1v) is 7.78. The Morgan fingerprint density at radius 2 is 1.86 bits per heavy atom. The van der Waals surface area contributed by atoms with Gasteiger partial charge in [0.25, 0.3) is 0 Å². The van der Waals surface area contributed by atoms with Gasteiger partial charge in [-0.05, 0) is 30.0 Å². The first-order chi connectivity index (χ1) is 9.97. The van der Waals surface area contributed by atoms with Crippen molar-refractivity contribution in [3.63, 3.8) is 0 Å². The Morgan fingerprint density at radius 1 is 1.19 bits per heavy atom. The van der Waals surface area contributed by atoms with Gasteiger partial charge in [0.2, 0.25) is 0 Å². The van der Waals surface area contributed by atoms with Crippen molar-refractivity contribution >= 4 is 23.2 Å². The van der Waals surface area contributed by atoms with E-state index < -0.39 is 0 Å². The van der Waals surface area contributed by atoms with E-state index >= 15 is 0 Å². The number of rotatable bonds is 6. The van der Waals surface area contributed by atoms with Crippen LogP contribution in [0.1, 0.15) is 25.2 Å². The van der Waals surface area contributed by atoms with Crippen molar-refractivity contribution in [3.05, 3.63) is 46.0 Å². The van der Waals surface area contributed by atoms with Crippen LogP contribution in [0.4, 0.5) is 0 Å². The summed E-state index contributed by atoms with van der Waals surface area (Å²) in [5.74, 6) is 1.42. The van der Waals surface area contributed by atoms with Gasteiger partial charge < -0.3 is 5.73 Å². The van der Waals surface area contributed by atoms with Crippen LogP contribution in [0.15, 0.2) is 24.5 Å². The van der Waals surface area contributed by atoms with Crippen LogP contribution >= 0.6 is 23.2 Å². The molecule has 1 unspecified atom stereocenters. The Kier molecular flexibility index (Phi) is 5.62. The summed E-state index contributed by atoms with van der Waals surface area (Å²) in [6, 6.07) is 5.39. The lowest BCUT2D eigenvalue weighted by molar-refractivity contribution is 0.457. The molecule has 6 heteroatoms. The van der Waals surface area contributed by atoms with Crippen LogP contribution in [-0.2, 0) is 19.4 Å². The van der Waals surface area contributed by atoms with Crippen molar-refractivity contribution in [2.75, 3.05) is 0 Å². The largest absolute Gasteiger partial charge is 0.327 e. The summed E-state index contributed by atoms with van der Waals surface area (Å²) in [4.78, 5) is 4.30. The van der Waals surface area contributed by atoms with E-state index in [2.05, 4.69) is 23.9 Å². The average Bonchev–Trinajstić information content (AvgIpc) is 2.80. The maximum absolute atomic E-state index is 6.24. The lowest BCUT2D eigenvalue weighted by Gasteiger charge is -2.15. The van der Waals surface area contributed by atoms with Gasteiger partial charge in [-0.1, -0.05) is 43.1 Å². The molecule has 0 aliphatic rings. The number of aromatic nitrogens is 3. The summed E-state index contributed by atoms with van der Waals surface area (Å²) in [6.07, 6.45) is 2.84. The van der Waals surface area contributed by atoms with Gasteiger partial charge in [-0.3, -0.25) is 0 Å². The van der Waals surface area contributed by atoms with Crippen molar-refractivity contribution in [3.8, 4) is 0 Å². The summed E-state index contributed by atoms with van der Waals surface area (Å²) in [5, 5.41) is 5.56. The van der Waals surface area contributed by atoms with Crippen LogP contribution < -0.4 is 5.73 Å². The van der Waals surface area contributed by atoms with Gasteiger partial charge in [-0.25, -0.2) is 9.67 Å². The van der Waals surface area contributed by atoms with Gasteiger partial charge in [0.05, 0.1) is 0 Å². The molecule has 0 spiro atoms. The van der Waals surface area contributed by atoms with Crippen molar-refractivity contribution in [2.24, 2.45) is 11.7 Å². The highest BCUT2D eigenvalue weighted by Crippen LogP contribution is 2.25. The molecular formula is C15H20Cl2N4. The second kappa shape index (κ2) is 7.25. The summed E-state index contributed by atoms with van der Waals surface area (Å²) in [7, 11) is 0. The molecular weight excluding hydrogens is 307 g/mol. The minimum atomic E-state index is -0.0995. The first kappa shape index (κ1) is 16.3. The standard InChI is InChI=1S/C15H20Cl2N4/c1-10(2)8-21-15(19-9-20-21)7-11(18)6-12-13(16)4-3-5-14(12)17/h3-5,9-11H,6-8,18H2,1-2H3. The monoisotopic (exact) mass is 326 g/mol. The first-order valence-electron chi connectivity index (χ1n) is 7.02. The third kappa shape index (κ3) is 4.43. The van der Waals surface area contributed by atoms with Crippen molar-refractivity contribution < 1.29 is 0 Å². The number of hydrogen-bond donors (Lipinski definition) is 1. The number of nitrogens with zero attached hydrogens (tertiary/aromatic N) is 3. The summed E-state index contributed by atoms with van der Waals surface area (Å²) in [6.45, 7) is 5.14. The molecule has 0 radical (unpaired) electrons. The Morgan fingerprint density at radius 3 is 2.48 bits per heavy atom. The quantitative estimate of drug-likeness (QED) is 0.885. The van der Waals surface area contributed by atoms with E-state index in [-0.39, 0.29) is 6.04 Å². The van der Waals surface area contributed by atoms with Crippen LogP contribution in [0.5, 0.6) is 0 Å². The molecule has 4 nitrogen and oxygen atoms in total. The van der Waals surface area contributed by atoms with Gasteiger partial charge in [-0.15, -0.1) is 0 Å². The van der Waals surface area contributed by atoms with Crippen LogP contribution in [0.2, 0.25) is 10.0 Å². The molecule has 2 rings (SSSR count). The Hall–Kier alpha value is -1.10. The summed E-state index contributed by atoms with van der Waals surface area (Å²) < 4.78 is 1.92. The maximum atomic E-state index is 6.24. The lowest BCUT2D eigenvalue weighted by atomic mass is 10.0. The minimum absolute atomic E-state index is 0.0995. The molecule has 2 N–H and O–H groups in total. The van der Waals surface area contributed by atoms with Crippen LogP contribution in [0.3, 0.4) is 0 Å². The zero-order valence-electron chi connectivity index (χ0n) is 12.3. The Balaban J connectivity index is 2.05. The second-order valence-corrected chi connectivity index (χ2v) is 6.44. The molecule has 0 saturated heterocycles. The fourth-order valence-corrected chi connectivity index (χ4v) is 2.79. The van der Waals surface area contributed by atoms with Crippen molar-refractivity contribution in [1.82, 2.24) is 14.8 Å². The fraction of sp³-hybridized carbons (Fsp3) is 0.467. The normalized spacial score (nSPS) is 12.9. The molecule has 1 atom stereocenters. The predicted octanol–water partition coefficient (Wildman–Crippen LogP) is 3.35. The van der Waals surface area contributed by atoms with Crippen LogP contribution in [-0.4, -0.2) is 20.8 Å². The SMILES string of the molecule is CC(C)Cn1ncnc1CC(N)Cc1c(Cl)cccc1Cl. The number of benzene rings is 1. The lowest BCUT2D eigenvalue weighted by Crippen LogP contribution is -2.28. The van der Waals surface area contributed by atoms with E-state index in [0.29, 0.717) is 28.8 Å². The number of nitrogens with two attached hydrogens (primary N) is 1. The average molecular weight is 327 g/mol. The van der Waals surface area contributed by atoms with Crippen LogP contribution in [0, 0.1) is 5.92 Å². The molecule has 0 amide bonds. The van der Waals surface area contributed by atoms with E-state index in [4.69, 9.17) is 28.9 Å². The molecule has 0 aliphatic heterocycles. The molecule has 0 fully saturated rings. The summed E-state index contributed by atoms with van der Waals surface area (Å²) >= 11 is 12.4. The van der Waals surface area contributed by atoms with Crippen LogP contribution in [0.25, 0.3) is 0 Å². The predicted molar refractivity (Wildman–Crippen MR) is 86.7 cm³/mol. The second-order valence-electron chi connectivity index (χ2n) is 5.62. The topological polar surface area (TPSA) is 56.7 Å². The molecule has 0 saturated carbocycles. The van der Waals surface area contributed by atoms with Gasteiger partial charge in [-0.2, -0.15) is 5.10 Å². The highest BCUT2D eigenvalue weighted by molar-refractivity contribution is 6.35. The molecule has 0 bridgehead atoms. The molecule has 2 aromatic rings. The molecule has 21 heavy (non-hydrogen) atoms. The van der Waals surface area contributed by atoms with E-state index in [1.807, 2.05) is 22.9 Å². The van der Waals surface area contributed by atoms with Crippen molar-refractivity contribution in [1.29, 1.82) is 0 Å². The molecule has 0 aliphatic carbocycles. The Bertz CT molecular complexity index is 575. The zero-order chi connectivity index (χ0) is 15.4. The fourth-order valence-electron chi connectivity index (χ4n) is 2.24. The van der Waals surface area contributed by atoms with E-state index in [1.165, 1.54) is 0 Å². The summed E-state index contributed by atoms with van der Waals surface area (Å²) in [5.41, 5.74) is 7.13. The zero-order valence-corrected chi connectivity index (χ0v) is 13.8. The van der Waals surface area contributed by atoms with Gasteiger partial charge in [0.15, 0.2) is 0 Å². The third-order valence-electron chi connectivity index (χ3n) is 3.21. The van der Waals surface area contributed by atoms with E-state index in [1.54, 1.807) is 6.33 Å². The van der Waals surface area contributed by atoms with E-state index in [0.717, 1.165) is 17.9 Å². The minimum Gasteiger partial charge on any atom is -0.327 e. The highest BCUT2D eigenvalue weighted by atomic mass is 35.5.